The molecule has 2 aromatic rings. The number of pyridine rings is 1. The number of nitrogens with zero attached hydrogens (tertiary/aromatic N) is 1. The summed E-state index contributed by atoms with van der Waals surface area (Å²) in [6.45, 7) is 0. The number of rotatable bonds is 2. The standard InChI is InChI=1S/C13H8ClF3N2O/c14-10-2-1-7(13(15,16)17)5-9(10)12(20)8-3-4-19-6-11(8)18/h1-6H,18H2. The molecule has 0 fully saturated rings. The maximum atomic E-state index is 12.7. The Morgan fingerprint density at radius 2 is 1.90 bits per heavy atom. The Labute approximate surface area is 117 Å². The fourth-order valence-electron chi connectivity index (χ4n) is 1.63. The second-order valence-electron chi connectivity index (χ2n) is 3.98. The average Bonchev–Trinajstić information content (AvgIpc) is 2.37. The molecule has 0 unspecified atom stereocenters. The van der Waals surface area contributed by atoms with Gasteiger partial charge in [-0.2, -0.15) is 13.2 Å². The van der Waals surface area contributed by atoms with Crippen molar-refractivity contribution in [1.29, 1.82) is 0 Å². The number of ketones is 1. The number of nitrogen functional groups attached to an aromatic ring is 1. The summed E-state index contributed by atoms with van der Waals surface area (Å²) in [5, 5.41) is -0.0702. The van der Waals surface area contributed by atoms with Crippen LogP contribution in [0.2, 0.25) is 5.02 Å². The molecule has 2 N–H and O–H groups in total. The van der Waals surface area contributed by atoms with Crippen molar-refractivity contribution in [3.8, 4) is 0 Å². The van der Waals surface area contributed by atoms with E-state index in [2.05, 4.69) is 4.98 Å². The topological polar surface area (TPSA) is 56.0 Å². The Balaban J connectivity index is 2.53. The quantitative estimate of drug-likeness (QED) is 0.863. The molecule has 0 atom stereocenters. The molecule has 3 nitrogen and oxygen atoms in total. The highest BCUT2D eigenvalue weighted by Crippen LogP contribution is 2.32. The van der Waals surface area contributed by atoms with E-state index >= 15 is 0 Å². The highest BCUT2D eigenvalue weighted by atomic mass is 35.5. The van der Waals surface area contributed by atoms with Crippen LogP contribution in [-0.2, 0) is 6.18 Å². The summed E-state index contributed by atoms with van der Waals surface area (Å²) in [5.41, 5.74) is 4.52. The van der Waals surface area contributed by atoms with Crippen LogP contribution in [0.4, 0.5) is 18.9 Å². The largest absolute Gasteiger partial charge is 0.416 e. The molecule has 0 amide bonds. The van der Waals surface area contributed by atoms with Gasteiger partial charge in [-0.1, -0.05) is 11.6 Å². The van der Waals surface area contributed by atoms with E-state index in [1.54, 1.807) is 0 Å². The monoisotopic (exact) mass is 300 g/mol. The molecule has 0 aliphatic rings. The van der Waals surface area contributed by atoms with Gasteiger partial charge in [0.1, 0.15) is 0 Å². The molecule has 0 saturated carbocycles. The van der Waals surface area contributed by atoms with E-state index in [9.17, 15) is 18.0 Å². The van der Waals surface area contributed by atoms with Crippen molar-refractivity contribution < 1.29 is 18.0 Å². The van der Waals surface area contributed by atoms with Crippen LogP contribution < -0.4 is 5.73 Å². The SMILES string of the molecule is Nc1cnccc1C(=O)c1cc(C(F)(F)F)ccc1Cl. The molecule has 20 heavy (non-hydrogen) atoms. The number of anilines is 1. The van der Waals surface area contributed by atoms with Crippen LogP contribution in [0.5, 0.6) is 0 Å². The van der Waals surface area contributed by atoms with Crippen molar-refractivity contribution >= 4 is 23.1 Å². The second-order valence-corrected chi connectivity index (χ2v) is 4.39. The summed E-state index contributed by atoms with van der Waals surface area (Å²) in [7, 11) is 0. The number of aromatic nitrogens is 1. The summed E-state index contributed by atoms with van der Waals surface area (Å²) in [6, 6.07) is 3.89. The lowest BCUT2D eigenvalue weighted by molar-refractivity contribution is -0.137. The fraction of sp³-hybridized carbons (Fsp3) is 0.0769. The minimum Gasteiger partial charge on any atom is -0.397 e. The molecule has 1 heterocycles. The highest BCUT2D eigenvalue weighted by molar-refractivity contribution is 6.35. The Bertz CT molecular complexity index is 671. The zero-order valence-corrected chi connectivity index (χ0v) is 10.7. The number of carbonyl (C=O) groups is 1. The third-order valence-corrected chi connectivity index (χ3v) is 2.96. The van der Waals surface area contributed by atoms with Gasteiger partial charge in [-0.3, -0.25) is 9.78 Å². The van der Waals surface area contributed by atoms with Crippen LogP contribution in [0.25, 0.3) is 0 Å². The number of hydrogen-bond donors (Lipinski definition) is 1. The Kier molecular flexibility index (Phi) is 3.67. The van der Waals surface area contributed by atoms with Crippen molar-refractivity contribution in [2.75, 3.05) is 5.73 Å². The summed E-state index contributed by atoms with van der Waals surface area (Å²) in [5.74, 6) is -0.680. The smallest absolute Gasteiger partial charge is 0.397 e. The minimum atomic E-state index is -4.55. The lowest BCUT2D eigenvalue weighted by Gasteiger charge is -2.10. The molecule has 0 aliphatic heterocycles. The van der Waals surface area contributed by atoms with Crippen LogP contribution in [0, 0.1) is 0 Å². The van der Waals surface area contributed by atoms with Crippen LogP contribution in [0.3, 0.4) is 0 Å². The molecule has 0 bridgehead atoms. The fourth-order valence-corrected chi connectivity index (χ4v) is 1.84. The van der Waals surface area contributed by atoms with Crippen molar-refractivity contribution in [2.45, 2.75) is 6.18 Å². The maximum Gasteiger partial charge on any atom is 0.416 e. The number of nitrogens with two attached hydrogens (primary N) is 1. The van der Waals surface area contributed by atoms with Gasteiger partial charge in [-0.05, 0) is 24.3 Å². The first-order valence-corrected chi connectivity index (χ1v) is 5.79. The van der Waals surface area contributed by atoms with E-state index < -0.39 is 17.5 Å². The molecule has 7 heteroatoms. The van der Waals surface area contributed by atoms with Gasteiger partial charge in [0.15, 0.2) is 5.78 Å². The third-order valence-electron chi connectivity index (χ3n) is 2.63. The molecular formula is C13H8ClF3N2O. The van der Waals surface area contributed by atoms with E-state index in [-0.39, 0.29) is 21.8 Å². The van der Waals surface area contributed by atoms with E-state index in [1.165, 1.54) is 18.5 Å². The number of hydrogen-bond acceptors (Lipinski definition) is 3. The molecule has 2 rings (SSSR count). The Hall–Kier alpha value is -2.08. The highest BCUT2D eigenvalue weighted by Gasteiger charge is 2.31. The van der Waals surface area contributed by atoms with Gasteiger partial charge in [-0.25, -0.2) is 0 Å². The van der Waals surface area contributed by atoms with Gasteiger partial charge < -0.3 is 5.73 Å². The van der Waals surface area contributed by atoms with E-state index in [1.807, 2.05) is 0 Å². The van der Waals surface area contributed by atoms with Crippen molar-refractivity contribution in [3.63, 3.8) is 0 Å². The van der Waals surface area contributed by atoms with Gasteiger partial charge >= 0.3 is 6.18 Å². The molecule has 0 aliphatic carbocycles. The summed E-state index contributed by atoms with van der Waals surface area (Å²) in [4.78, 5) is 15.9. The van der Waals surface area contributed by atoms with Gasteiger partial charge in [0.25, 0.3) is 0 Å². The van der Waals surface area contributed by atoms with Crippen LogP contribution >= 0.6 is 11.6 Å². The normalized spacial score (nSPS) is 11.4. The zero-order chi connectivity index (χ0) is 14.9. The predicted octanol–water partition coefficient (Wildman–Crippen LogP) is 3.57. The maximum absolute atomic E-state index is 12.7. The van der Waals surface area contributed by atoms with Gasteiger partial charge in [0.2, 0.25) is 0 Å². The predicted molar refractivity (Wildman–Crippen MR) is 68.5 cm³/mol. The Morgan fingerprint density at radius 1 is 1.20 bits per heavy atom. The van der Waals surface area contributed by atoms with Gasteiger partial charge in [-0.15, -0.1) is 0 Å². The molecule has 1 aromatic heterocycles. The lowest BCUT2D eigenvalue weighted by atomic mass is 10.0. The molecule has 0 saturated heterocycles. The van der Waals surface area contributed by atoms with Crippen LogP contribution in [-0.4, -0.2) is 10.8 Å². The van der Waals surface area contributed by atoms with E-state index in [0.29, 0.717) is 6.07 Å². The number of alkyl halides is 3. The summed E-state index contributed by atoms with van der Waals surface area (Å²) in [6.07, 6.45) is -1.98. The van der Waals surface area contributed by atoms with E-state index in [0.717, 1.165) is 12.1 Å². The molecule has 0 spiro atoms. The first-order valence-electron chi connectivity index (χ1n) is 5.41. The number of halogens is 4. The number of benzene rings is 1. The first kappa shape index (κ1) is 14.3. The zero-order valence-electron chi connectivity index (χ0n) is 9.91. The average molecular weight is 301 g/mol. The van der Waals surface area contributed by atoms with Gasteiger partial charge in [0.05, 0.1) is 22.5 Å². The Morgan fingerprint density at radius 3 is 2.50 bits per heavy atom. The van der Waals surface area contributed by atoms with Crippen molar-refractivity contribution in [3.05, 3.63) is 58.4 Å². The molecule has 1 aromatic carbocycles. The van der Waals surface area contributed by atoms with Crippen LogP contribution in [0.15, 0.2) is 36.7 Å². The first-order chi connectivity index (χ1) is 9.30. The molecule has 0 radical (unpaired) electrons. The minimum absolute atomic E-state index is 0.0567. The van der Waals surface area contributed by atoms with Crippen molar-refractivity contribution in [1.82, 2.24) is 4.98 Å². The van der Waals surface area contributed by atoms with E-state index in [4.69, 9.17) is 17.3 Å². The van der Waals surface area contributed by atoms with Crippen molar-refractivity contribution in [2.24, 2.45) is 0 Å². The number of carbonyl (C=O) groups excluding carboxylic acids is 1. The summed E-state index contributed by atoms with van der Waals surface area (Å²) >= 11 is 5.80. The molecule has 104 valence electrons. The second kappa shape index (κ2) is 5.13. The van der Waals surface area contributed by atoms with Gasteiger partial charge in [0, 0.05) is 17.3 Å². The molecular weight excluding hydrogens is 293 g/mol. The summed E-state index contributed by atoms with van der Waals surface area (Å²) < 4.78 is 38.0. The van der Waals surface area contributed by atoms with Crippen LogP contribution in [0.1, 0.15) is 21.5 Å². The third kappa shape index (κ3) is 2.75. The lowest BCUT2D eigenvalue weighted by Crippen LogP contribution is -2.10.